The lowest BCUT2D eigenvalue weighted by molar-refractivity contribution is -0.120. The lowest BCUT2D eigenvalue weighted by atomic mass is 10.4. The molecule has 5 nitrogen and oxygen atoms in total. The minimum atomic E-state index is -0.109. The molecule has 1 heterocycles. The molecule has 1 amide bonds. The Morgan fingerprint density at radius 2 is 2.12 bits per heavy atom. The van der Waals surface area contributed by atoms with E-state index in [1.807, 2.05) is 6.07 Å². The smallest absolute Gasteiger partial charge is 0.234 e. The van der Waals surface area contributed by atoms with Crippen molar-refractivity contribution in [2.45, 2.75) is 19.3 Å². The summed E-state index contributed by atoms with van der Waals surface area (Å²) in [6, 6.07) is 1.87. The Morgan fingerprint density at radius 3 is 2.81 bits per heavy atom. The molecule has 0 bridgehead atoms. The van der Waals surface area contributed by atoms with Gasteiger partial charge in [0.15, 0.2) is 0 Å². The summed E-state index contributed by atoms with van der Waals surface area (Å²) in [4.78, 5) is 13.5. The number of hydrogen-bond acceptors (Lipinski definition) is 4. The average Bonchev–Trinajstić information content (AvgIpc) is 2.79. The first-order valence-corrected chi connectivity index (χ1v) is 5.89. The van der Waals surface area contributed by atoms with Crippen LogP contribution >= 0.6 is 0 Å². The molecule has 1 fully saturated rings. The SMILES string of the molecule is N#CCNC(=O)CNCCCN1CCCC1. The third kappa shape index (κ3) is 5.69. The summed E-state index contributed by atoms with van der Waals surface area (Å²) in [7, 11) is 0. The summed E-state index contributed by atoms with van der Waals surface area (Å²) < 4.78 is 0. The van der Waals surface area contributed by atoms with Crippen LogP contribution in [-0.2, 0) is 4.79 Å². The van der Waals surface area contributed by atoms with Crippen molar-refractivity contribution in [2.75, 3.05) is 39.3 Å². The van der Waals surface area contributed by atoms with Crippen LogP contribution < -0.4 is 10.6 Å². The molecule has 0 unspecified atom stereocenters. The first-order chi connectivity index (χ1) is 7.83. The number of nitrogens with one attached hydrogen (secondary N) is 2. The predicted molar refractivity (Wildman–Crippen MR) is 61.8 cm³/mol. The molecule has 1 rings (SSSR count). The largest absolute Gasteiger partial charge is 0.342 e. The summed E-state index contributed by atoms with van der Waals surface area (Å²) in [5.41, 5.74) is 0. The van der Waals surface area contributed by atoms with Crippen LogP contribution in [0.15, 0.2) is 0 Å². The average molecular weight is 224 g/mol. The Hall–Kier alpha value is -1.12. The first kappa shape index (κ1) is 12.9. The van der Waals surface area contributed by atoms with Gasteiger partial charge in [-0.15, -0.1) is 0 Å². The molecule has 0 aromatic carbocycles. The van der Waals surface area contributed by atoms with Gasteiger partial charge in [0, 0.05) is 0 Å². The van der Waals surface area contributed by atoms with Crippen molar-refractivity contribution >= 4 is 5.91 Å². The van der Waals surface area contributed by atoms with Gasteiger partial charge in [-0.2, -0.15) is 5.26 Å². The second kappa shape index (κ2) is 8.08. The molecular formula is C11H20N4O. The van der Waals surface area contributed by atoms with E-state index in [-0.39, 0.29) is 12.5 Å². The highest BCUT2D eigenvalue weighted by molar-refractivity contribution is 5.78. The molecule has 0 aliphatic carbocycles. The maximum atomic E-state index is 11.1. The Labute approximate surface area is 96.8 Å². The van der Waals surface area contributed by atoms with Crippen molar-refractivity contribution in [1.82, 2.24) is 15.5 Å². The van der Waals surface area contributed by atoms with Crippen LogP contribution in [0.5, 0.6) is 0 Å². The summed E-state index contributed by atoms with van der Waals surface area (Å²) in [5.74, 6) is -0.109. The number of hydrogen-bond donors (Lipinski definition) is 2. The summed E-state index contributed by atoms with van der Waals surface area (Å²) in [5, 5.41) is 13.8. The third-order valence-corrected chi connectivity index (χ3v) is 2.68. The number of nitrogens with zero attached hydrogens (tertiary/aromatic N) is 2. The fourth-order valence-corrected chi connectivity index (χ4v) is 1.84. The van der Waals surface area contributed by atoms with Gasteiger partial charge in [-0.1, -0.05) is 0 Å². The molecule has 90 valence electrons. The van der Waals surface area contributed by atoms with Crippen molar-refractivity contribution in [2.24, 2.45) is 0 Å². The van der Waals surface area contributed by atoms with Crippen LogP contribution in [-0.4, -0.2) is 50.1 Å². The number of carbonyl (C=O) groups excluding carboxylic acids is 1. The van der Waals surface area contributed by atoms with Crippen LogP contribution in [0.4, 0.5) is 0 Å². The quantitative estimate of drug-likeness (QED) is 0.460. The highest BCUT2D eigenvalue weighted by Gasteiger charge is 2.09. The van der Waals surface area contributed by atoms with Gasteiger partial charge in [-0.3, -0.25) is 4.79 Å². The Balaban J connectivity index is 1.87. The lowest BCUT2D eigenvalue weighted by Gasteiger charge is -2.14. The van der Waals surface area contributed by atoms with Gasteiger partial charge in [0.05, 0.1) is 12.6 Å². The fraction of sp³-hybridized carbons (Fsp3) is 0.818. The predicted octanol–water partition coefficient (Wildman–Crippen LogP) is -0.298. The van der Waals surface area contributed by atoms with Crippen molar-refractivity contribution in [3.8, 4) is 6.07 Å². The molecule has 1 aliphatic heterocycles. The summed E-state index contributed by atoms with van der Waals surface area (Å²) >= 11 is 0. The summed E-state index contributed by atoms with van der Waals surface area (Å²) in [6.07, 6.45) is 3.72. The van der Waals surface area contributed by atoms with Crippen LogP contribution in [0, 0.1) is 11.3 Å². The zero-order chi connectivity index (χ0) is 11.6. The van der Waals surface area contributed by atoms with Crippen LogP contribution in [0.1, 0.15) is 19.3 Å². The minimum absolute atomic E-state index is 0.0916. The van der Waals surface area contributed by atoms with E-state index in [2.05, 4.69) is 15.5 Å². The maximum Gasteiger partial charge on any atom is 0.234 e. The van der Waals surface area contributed by atoms with Gasteiger partial charge >= 0.3 is 0 Å². The van der Waals surface area contributed by atoms with Gasteiger partial charge in [0.1, 0.15) is 6.54 Å². The number of rotatable bonds is 7. The van der Waals surface area contributed by atoms with E-state index in [0.29, 0.717) is 6.54 Å². The molecule has 5 heteroatoms. The Morgan fingerprint density at radius 1 is 1.38 bits per heavy atom. The highest BCUT2D eigenvalue weighted by Crippen LogP contribution is 2.06. The van der Waals surface area contributed by atoms with Gasteiger partial charge in [0.25, 0.3) is 0 Å². The molecule has 0 aromatic heterocycles. The van der Waals surface area contributed by atoms with Crippen LogP contribution in [0.2, 0.25) is 0 Å². The molecule has 1 aliphatic rings. The number of likely N-dealkylation sites (tertiary alicyclic amines) is 1. The van der Waals surface area contributed by atoms with E-state index in [0.717, 1.165) is 19.5 Å². The van der Waals surface area contributed by atoms with Gasteiger partial charge < -0.3 is 15.5 Å². The Kier molecular flexibility index (Phi) is 6.54. The second-order valence-electron chi connectivity index (χ2n) is 4.01. The normalized spacial score (nSPS) is 15.9. The van der Waals surface area contributed by atoms with E-state index in [9.17, 15) is 4.79 Å². The zero-order valence-corrected chi connectivity index (χ0v) is 9.67. The van der Waals surface area contributed by atoms with E-state index in [4.69, 9.17) is 5.26 Å². The maximum absolute atomic E-state index is 11.1. The van der Waals surface area contributed by atoms with E-state index < -0.39 is 0 Å². The van der Waals surface area contributed by atoms with Gasteiger partial charge in [-0.05, 0) is 45.4 Å². The highest BCUT2D eigenvalue weighted by atomic mass is 16.1. The summed E-state index contributed by atoms with van der Waals surface area (Å²) in [6.45, 7) is 4.82. The molecular weight excluding hydrogens is 204 g/mol. The Bertz CT molecular complexity index is 243. The topological polar surface area (TPSA) is 68.2 Å². The molecule has 0 spiro atoms. The molecule has 2 N–H and O–H groups in total. The second-order valence-corrected chi connectivity index (χ2v) is 4.01. The number of amides is 1. The van der Waals surface area contributed by atoms with Crippen molar-refractivity contribution < 1.29 is 4.79 Å². The minimum Gasteiger partial charge on any atom is -0.342 e. The molecule has 0 aromatic rings. The van der Waals surface area contributed by atoms with Crippen LogP contribution in [0.25, 0.3) is 0 Å². The van der Waals surface area contributed by atoms with Crippen LogP contribution in [0.3, 0.4) is 0 Å². The van der Waals surface area contributed by atoms with Gasteiger partial charge in [-0.25, -0.2) is 0 Å². The van der Waals surface area contributed by atoms with Crippen molar-refractivity contribution in [1.29, 1.82) is 5.26 Å². The van der Waals surface area contributed by atoms with E-state index in [1.54, 1.807) is 0 Å². The molecule has 1 saturated heterocycles. The molecule has 0 radical (unpaired) electrons. The van der Waals surface area contributed by atoms with Crippen molar-refractivity contribution in [3.05, 3.63) is 0 Å². The van der Waals surface area contributed by atoms with Crippen molar-refractivity contribution in [3.63, 3.8) is 0 Å². The van der Waals surface area contributed by atoms with E-state index in [1.165, 1.54) is 25.9 Å². The lowest BCUT2D eigenvalue weighted by Crippen LogP contribution is -2.35. The monoisotopic (exact) mass is 224 g/mol. The number of nitriles is 1. The van der Waals surface area contributed by atoms with E-state index >= 15 is 0 Å². The molecule has 0 saturated carbocycles. The molecule has 0 atom stereocenters. The first-order valence-electron chi connectivity index (χ1n) is 5.89. The standard InChI is InChI=1S/C11H20N4O/c12-4-6-14-11(16)10-13-5-3-9-15-7-1-2-8-15/h13H,1-3,5-10H2,(H,14,16). The number of carbonyl (C=O) groups is 1. The fourth-order valence-electron chi connectivity index (χ4n) is 1.84. The zero-order valence-electron chi connectivity index (χ0n) is 9.67. The van der Waals surface area contributed by atoms with Gasteiger partial charge in [0.2, 0.25) is 5.91 Å². The molecule has 16 heavy (non-hydrogen) atoms. The third-order valence-electron chi connectivity index (χ3n) is 2.68.